The predicted molar refractivity (Wildman–Crippen MR) is 75.4 cm³/mol. The van der Waals surface area contributed by atoms with Crippen LogP contribution in [-0.2, 0) is 7.05 Å². The standard InChI is InChI=1S/C14H19N3O2/c1-8(2)9-5-10(13(18)12(6-9)19-4)11-7-16-17(3)14(11)15/h5-8,18H,15H2,1-4H3. The molecule has 0 saturated carbocycles. The summed E-state index contributed by atoms with van der Waals surface area (Å²) in [5.74, 6) is 1.38. The number of hydrogen-bond acceptors (Lipinski definition) is 4. The number of ether oxygens (including phenoxy) is 1. The molecule has 0 fully saturated rings. The normalized spacial score (nSPS) is 11.0. The molecule has 2 aromatic rings. The monoisotopic (exact) mass is 261 g/mol. The van der Waals surface area contributed by atoms with E-state index in [4.69, 9.17) is 10.5 Å². The first kappa shape index (κ1) is 13.3. The van der Waals surface area contributed by atoms with E-state index in [2.05, 4.69) is 18.9 Å². The Labute approximate surface area is 112 Å². The molecule has 0 bridgehead atoms. The summed E-state index contributed by atoms with van der Waals surface area (Å²) in [6.07, 6.45) is 1.65. The Morgan fingerprint density at radius 3 is 2.47 bits per heavy atom. The molecule has 0 unspecified atom stereocenters. The zero-order valence-corrected chi connectivity index (χ0v) is 11.6. The molecular weight excluding hydrogens is 242 g/mol. The van der Waals surface area contributed by atoms with Gasteiger partial charge in [-0.1, -0.05) is 13.8 Å². The van der Waals surface area contributed by atoms with Crippen molar-refractivity contribution in [3.8, 4) is 22.6 Å². The largest absolute Gasteiger partial charge is 0.504 e. The van der Waals surface area contributed by atoms with E-state index in [0.717, 1.165) is 5.56 Å². The molecular formula is C14H19N3O2. The SMILES string of the molecule is COc1cc(C(C)C)cc(-c2cnn(C)c2N)c1O. The van der Waals surface area contributed by atoms with Crippen LogP contribution in [0.5, 0.6) is 11.5 Å². The third kappa shape index (κ3) is 2.23. The number of aromatic hydroxyl groups is 1. The smallest absolute Gasteiger partial charge is 0.165 e. The van der Waals surface area contributed by atoms with Crippen molar-refractivity contribution in [3.63, 3.8) is 0 Å². The molecule has 0 aliphatic carbocycles. The Hall–Kier alpha value is -2.17. The molecule has 0 atom stereocenters. The van der Waals surface area contributed by atoms with E-state index >= 15 is 0 Å². The van der Waals surface area contributed by atoms with Crippen molar-refractivity contribution >= 4 is 5.82 Å². The second-order valence-corrected chi connectivity index (χ2v) is 4.84. The molecule has 3 N–H and O–H groups in total. The van der Waals surface area contributed by atoms with Gasteiger partial charge in [0, 0.05) is 18.2 Å². The number of nitrogens with two attached hydrogens (primary N) is 1. The molecule has 102 valence electrons. The number of rotatable bonds is 3. The van der Waals surface area contributed by atoms with Crippen molar-refractivity contribution in [2.75, 3.05) is 12.8 Å². The zero-order valence-electron chi connectivity index (χ0n) is 11.6. The maximum atomic E-state index is 10.3. The van der Waals surface area contributed by atoms with Crippen LogP contribution in [0.25, 0.3) is 11.1 Å². The van der Waals surface area contributed by atoms with Gasteiger partial charge in [-0.15, -0.1) is 0 Å². The molecule has 0 aliphatic rings. The van der Waals surface area contributed by atoms with Crippen molar-refractivity contribution < 1.29 is 9.84 Å². The Morgan fingerprint density at radius 1 is 1.32 bits per heavy atom. The molecule has 0 spiro atoms. The third-order valence-electron chi connectivity index (χ3n) is 3.26. The highest BCUT2D eigenvalue weighted by atomic mass is 16.5. The number of phenolic OH excluding ortho intramolecular Hbond substituents is 1. The summed E-state index contributed by atoms with van der Waals surface area (Å²) in [6.45, 7) is 4.17. The van der Waals surface area contributed by atoms with Crippen LogP contribution >= 0.6 is 0 Å². The van der Waals surface area contributed by atoms with E-state index in [1.54, 1.807) is 17.9 Å². The first-order valence-electron chi connectivity index (χ1n) is 6.14. The molecule has 5 nitrogen and oxygen atoms in total. The summed E-state index contributed by atoms with van der Waals surface area (Å²) in [5, 5.41) is 14.4. The Kier molecular flexibility index (Phi) is 3.38. The summed E-state index contributed by atoms with van der Waals surface area (Å²) >= 11 is 0. The predicted octanol–water partition coefficient (Wildman–Crippen LogP) is 2.51. The van der Waals surface area contributed by atoms with Gasteiger partial charge >= 0.3 is 0 Å². The van der Waals surface area contributed by atoms with E-state index in [0.29, 0.717) is 28.6 Å². The maximum absolute atomic E-state index is 10.3. The fourth-order valence-corrected chi connectivity index (χ4v) is 1.98. The Bertz CT molecular complexity index is 603. The lowest BCUT2D eigenvalue weighted by Crippen LogP contribution is -1.99. The molecule has 0 aliphatic heterocycles. The lowest BCUT2D eigenvalue weighted by Gasteiger charge is -2.14. The van der Waals surface area contributed by atoms with Gasteiger partial charge in [-0.25, -0.2) is 0 Å². The van der Waals surface area contributed by atoms with Gasteiger partial charge in [-0.05, 0) is 23.6 Å². The molecule has 0 saturated heterocycles. The van der Waals surface area contributed by atoms with Crippen LogP contribution in [0.15, 0.2) is 18.3 Å². The van der Waals surface area contributed by atoms with Crippen molar-refractivity contribution in [2.45, 2.75) is 19.8 Å². The molecule has 0 amide bonds. The fraction of sp³-hybridized carbons (Fsp3) is 0.357. The number of hydrogen-bond donors (Lipinski definition) is 2. The first-order chi connectivity index (χ1) is 8.95. The second-order valence-electron chi connectivity index (χ2n) is 4.84. The quantitative estimate of drug-likeness (QED) is 0.890. The molecule has 0 radical (unpaired) electrons. The van der Waals surface area contributed by atoms with Gasteiger partial charge in [-0.2, -0.15) is 5.10 Å². The summed E-state index contributed by atoms with van der Waals surface area (Å²) in [4.78, 5) is 0. The highest BCUT2D eigenvalue weighted by molar-refractivity contribution is 5.80. The van der Waals surface area contributed by atoms with Crippen LogP contribution in [0.3, 0.4) is 0 Å². The minimum absolute atomic E-state index is 0.0894. The van der Waals surface area contributed by atoms with E-state index in [1.807, 2.05) is 12.1 Å². The number of aryl methyl sites for hydroxylation is 1. The number of methoxy groups -OCH3 is 1. The highest BCUT2D eigenvalue weighted by Crippen LogP contribution is 2.41. The minimum atomic E-state index is 0.0894. The molecule has 1 aromatic heterocycles. The molecule has 1 heterocycles. The van der Waals surface area contributed by atoms with Crippen molar-refractivity contribution in [3.05, 3.63) is 23.9 Å². The van der Waals surface area contributed by atoms with Gasteiger partial charge in [0.05, 0.1) is 13.3 Å². The van der Waals surface area contributed by atoms with Crippen molar-refractivity contribution in [2.24, 2.45) is 7.05 Å². The van der Waals surface area contributed by atoms with Gasteiger partial charge < -0.3 is 15.6 Å². The third-order valence-corrected chi connectivity index (χ3v) is 3.26. The highest BCUT2D eigenvalue weighted by Gasteiger charge is 2.17. The van der Waals surface area contributed by atoms with E-state index < -0.39 is 0 Å². The van der Waals surface area contributed by atoms with Gasteiger partial charge in [0.2, 0.25) is 0 Å². The number of nitrogens with zero attached hydrogens (tertiary/aromatic N) is 2. The summed E-state index contributed by atoms with van der Waals surface area (Å²) in [5.41, 5.74) is 8.40. The molecule has 1 aromatic carbocycles. The lowest BCUT2D eigenvalue weighted by atomic mass is 9.97. The topological polar surface area (TPSA) is 73.3 Å². The van der Waals surface area contributed by atoms with Crippen LogP contribution in [0.1, 0.15) is 25.3 Å². The van der Waals surface area contributed by atoms with Gasteiger partial charge in [0.15, 0.2) is 11.5 Å². The number of anilines is 1. The Balaban J connectivity index is 2.68. The van der Waals surface area contributed by atoms with Gasteiger partial charge in [0.1, 0.15) is 5.82 Å². The van der Waals surface area contributed by atoms with Crippen LogP contribution in [-0.4, -0.2) is 22.0 Å². The summed E-state index contributed by atoms with van der Waals surface area (Å²) in [7, 11) is 3.30. The van der Waals surface area contributed by atoms with E-state index in [1.165, 1.54) is 7.11 Å². The van der Waals surface area contributed by atoms with Crippen molar-refractivity contribution in [1.29, 1.82) is 0 Å². The maximum Gasteiger partial charge on any atom is 0.165 e. The minimum Gasteiger partial charge on any atom is -0.504 e. The van der Waals surface area contributed by atoms with Crippen LogP contribution in [0, 0.1) is 0 Å². The van der Waals surface area contributed by atoms with Crippen molar-refractivity contribution in [1.82, 2.24) is 9.78 Å². The van der Waals surface area contributed by atoms with E-state index in [9.17, 15) is 5.11 Å². The van der Waals surface area contributed by atoms with Crippen LogP contribution in [0.2, 0.25) is 0 Å². The lowest BCUT2D eigenvalue weighted by molar-refractivity contribution is 0.374. The number of benzene rings is 1. The average molecular weight is 261 g/mol. The molecule has 5 heteroatoms. The van der Waals surface area contributed by atoms with E-state index in [-0.39, 0.29) is 5.75 Å². The zero-order chi connectivity index (χ0) is 14.2. The number of aromatic nitrogens is 2. The van der Waals surface area contributed by atoms with Gasteiger partial charge in [0.25, 0.3) is 0 Å². The van der Waals surface area contributed by atoms with Crippen LogP contribution < -0.4 is 10.5 Å². The number of nitrogen functional groups attached to an aromatic ring is 1. The van der Waals surface area contributed by atoms with Gasteiger partial charge in [-0.3, -0.25) is 4.68 Å². The summed E-state index contributed by atoms with van der Waals surface area (Å²) in [6, 6.07) is 3.77. The first-order valence-corrected chi connectivity index (χ1v) is 6.14. The molecule has 2 rings (SSSR count). The number of phenols is 1. The average Bonchev–Trinajstić information content (AvgIpc) is 2.70. The second kappa shape index (κ2) is 4.84. The van der Waals surface area contributed by atoms with Crippen LogP contribution in [0.4, 0.5) is 5.82 Å². The fourth-order valence-electron chi connectivity index (χ4n) is 1.98. The molecule has 19 heavy (non-hydrogen) atoms. The summed E-state index contributed by atoms with van der Waals surface area (Å²) < 4.78 is 6.80. The Morgan fingerprint density at radius 2 is 2.00 bits per heavy atom.